The number of nitrogens with zero attached hydrogens (tertiary/aromatic N) is 2. The van der Waals surface area contributed by atoms with Crippen molar-refractivity contribution in [3.05, 3.63) is 48.5 Å². The number of carbonyl (C=O) groups is 1. The van der Waals surface area contributed by atoms with Gasteiger partial charge in [0.25, 0.3) is 0 Å². The molecule has 1 fully saturated rings. The zero-order valence-electron chi connectivity index (χ0n) is 11.5. The van der Waals surface area contributed by atoms with Crippen molar-refractivity contribution in [1.29, 1.82) is 0 Å². The van der Waals surface area contributed by atoms with Gasteiger partial charge in [-0.1, -0.05) is 12.1 Å². The van der Waals surface area contributed by atoms with Crippen LogP contribution in [0.1, 0.15) is 18.9 Å². The zero-order chi connectivity index (χ0) is 15.1. The van der Waals surface area contributed by atoms with Crippen molar-refractivity contribution in [2.24, 2.45) is 5.41 Å². The van der Waals surface area contributed by atoms with Gasteiger partial charge in [-0.25, -0.2) is 4.98 Å². The Kier molecular flexibility index (Phi) is 3.46. The summed E-state index contributed by atoms with van der Waals surface area (Å²) in [6.45, 7) is 2.24. The molecule has 1 N–H and O–H groups in total. The van der Waals surface area contributed by atoms with Crippen LogP contribution in [-0.4, -0.2) is 19.8 Å². The van der Waals surface area contributed by atoms with E-state index in [0.717, 1.165) is 11.3 Å². The van der Waals surface area contributed by atoms with Crippen LogP contribution in [0.5, 0.6) is 0 Å². The molecule has 1 atom stereocenters. The fourth-order valence-electron chi connectivity index (χ4n) is 2.22. The summed E-state index contributed by atoms with van der Waals surface area (Å²) in [6, 6.07) is 7.91. The molecule has 4 nitrogen and oxygen atoms in total. The van der Waals surface area contributed by atoms with Crippen molar-refractivity contribution in [2.45, 2.75) is 24.2 Å². The Bertz CT molecular complexity index is 652. The first-order valence-electron chi connectivity index (χ1n) is 6.66. The molecule has 0 bridgehead atoms. The van der Waals surface area contributed by atoms with Crippen LogP contribution in [0.2, 0.25) is 0 Å². The van der Waals surface area contributed by atoms with Crippen LogP contribution in [0, 0.1) is 5.41 Å². The number of aromatic nitrogens is 2. The minimum Gasteiger partial charge on any atom is -0.351 e. The normalized spacial score (nSPS) is 22.8. The molecule has 1 aliphatic carbocycles. The molecule has 21 heavy (non-hydrogen) atoms. The van der Waals surface area contributed by atoms with E-state index in [4.69, 9.17) is 23.2 Å². The average Bonchev–Trinajstić information content (AvgIpc) is 2.87. The van der Waals surface area contributed by atoms with E-state index in [0.29, 0.717) is 13.0 Å². The second-order valence-corrected chi connectivity index (χ2v) is 7.02. The largest absolute Gasteiger partial charge is 0.351 e. The van der Waals surface area contributed by atoms with Crippen LogP contribution < -0.4 is 5.32 Å². The molecule has 1 heterocycles. The molecular formula is C15H15Cl2N3O. The number of alkyl halides is 2. The van der Waals surface area contributed by atoms with Gasteiger partial charge in [-0.15, -0.1) is 23.2 Å². The third kappa shape index (κ3) is 2.65. The third-order valence-electron chi connectivity index (χ3n) is 3.95. The smallest absolute Gasteiger partial charge is 0.229 e. The zero-order valence-corrected chi connectivity index (χ0v) is 13.0. The number of nitrogens with one attached hydrogen (secondary N) is 1. The lowest BCUT2D eigenvalue weighted by Gasteiger charge is -2.13. The lowest BCUT2D eigenvalue weighted by Crippen LogP contribution is -2.32. The van der Waals surface area contributed by atoms with Gasteiger partial charge in [-0.05, 0) is 31.0 Å². The van der Waals surface area contributed by atoms with E-state index in [1.165, 1.54) is 0 Å². The predicted octanol–water partition coefficient (Wildman–Crippen LogP) is 3.07. The van der Waals surface area contributed by atoms with Crippen LogP contribution in [0.4, 0.5) is 0 Å². The minimum absolute atomic E-state index is 0.105. The monoisotopic (exact) mass is 323 g/mol. The topological polar surface area (TPSA) is 46.9 Å². The van der Waals surface area contributed by atoms with Crippen molar-refractivity contribution in [3.63, 3.8) is 0 Å². The molecular weight excluding hydrogens is 309 g/mol. The van der Waals surface area contributed by atoms with Gasteiger partial charge in [0, 0.05) is 24.6 Å². The SMILES string of the molecule is CC1(C(=O)NCc2ccc(-n3ccnc3)cc2)CC1(Cl)Cl. The van der Waals surface area contributed by atoms with Gasteiger partial charge >= 0.3 is 0 Å². The van der Waals surface area contributed by atoms with Gasteiger partial charge in [0.1, 0.15) is 4.33 Å². The van der Waals surface area contributed by atoms with Gasteiger partial charge in [0.2, 0.25) is 5.91 Å². The maximum atomic E-state index is 12.1. The Morgan fingerprint density at radius 2 is 2.05 bits per heavy atom. The molecule has 0 aliphatic heterocycles. The number of amides is 1. The molecule has 0 saturated heterocycles. The molecule has 1 unspecified atom stereocenters. The van der Waals surface area contributed by atoms with E-state index in [1.807, 2.05) is 35.0 Å². The molecule has 1 aromatic heterocycles. The van der Waals surface area contributed by atoms with Crippen molar-refractivity contribution >= 4 is 29.1 Å². The van der Waals surface area contributed by atoms with Gasteiger partial charge in [0.15, 0.2) is 0 Å². The number of carbonyl (C=O) groups excluding carboxylic acids is 1. The Hall–Kier alpha value is -1.52. The Balaban J connectivity index is 1.60. The summed E-state index contributed by atoms with van der Waals surface area (Å²) in [5.74, 6) is -0.105. The molecule has 0 spiro atoms. The van der Waals surface area contributed by atoms with Crippen LogP contribution in [-0.2, 0) is 11.3 Å². The van der Waals surface area contributed by atoms with Crippen LogP contribution in [0.15, 0.2) is 43.0 Å². The minimum atomic E-state index is -0.928. The summed E-state index contributed by atoms with van der Waals surface area (Å²) in [7, 11) is 0. The summed E-state index contributed by atoms with van der Waals surface area (Å²) in [6.07, 6.45) is 5.85. The summed E-state index contributed by atoms with van der Waals surface area (Å²) in [5, 5.41) is 2.88. The van der Waals surface area contributed by atoms with Gasteiger partial charge < -0.3 is 9.88 Å². The second-order valence-electron chi connectivity index (χ2n) is 5.53. The number of imidazole rings is 1. The summed E-state index contributed by atoms with van der Waals surface area (Å²) < 4.78 is 0.991. The number of hydrogen-bond acceptors (Lipinski definition) is 2. The molecule has 6 heteroatoms. The van der Waals surface area contributed by atoms with Gasteiger partial charge in [-0.2, -0.15) is 0 Å². The number of halogens is 2. The lowest BCUT2D eigenvalue weighted by atomic mass is 10.1. The third-order valence-corrected chi connectivity index (χ3v) is 5.05. The number of hydrogen-bond donors (Lipinski definition) is 1. The Morgan fingerprint density at radius 1 is 1.38 bits per heavy atom. The maximum absolute atomic E-state index is 12.1. The van der Waals surface area contributed by atoms with Crippen molar-refractivity contribution in [1.82, 2.24) is 14.9 Å². The molecule has 0 radical (unpaired) electrons. The van der Waals surface area contributed by atoms with Gasteiger partial charge in [-0.3, -0.25) is 4.79 Å². The van der Waals surface area contributed by atoms with E-state index >= 15 is 0 Å². The van der Waals surface area contributed by atoms with Crippen LogP contribution >= 0.6 is 23.2 Å². The van der Waals surface area contributed by atoms with E-state index in [2.05, 4.69) is 10.3 Å². The molecule has 1 saturated carbocycles. The highest BCUT2D eigenvalue weighted by atomic mass is 35.5. The first kappa shape index (κ1) is 14.4. The fraction of sp³-hybridized carbons (Fsp3) is 0.333. The highest BCUT2D eigenvalue weighted by molar-refractivity contribution is 6.53. The number of benzene rings is 1. The molecule has 1 amide bonds. The predicted molar refractivity (Wildman–Crippen MR) is 82.6 cm³/mol. The number of rotatable bonds is 4. The van der Waals surface area contributed by atoms with E-state index < -0.39 is 9.75 Å². The average molecular weight is 324 g/mol. The summed E-state index contributed by atoms with van der Waals surface area (Å²) in [4.78, 5) is 16.1. The van der Waals surface area contributed by atoms with E-state index in [1.54, 1.807) is 19.4 Å². The first-order valence-corrected chi connectivity index (χ1v) is 7.41. The molecule has 2 aromatic rings. The lowest BCUT2D eigenvalue weighted by molar-refractivity contribution is -0.125. The molecule has 3 rings (SSSR count). The van der Waals surface area contributed by atoms with E-state index in [-0.39, 0.29) is 5.91 Å². The summed E-state index contributed by atoms with van der Waals surface area (Å²) in [5.41, 5.74) is 1.37. The Morgan fingerprint density at radius 3 is 2.57 bits per heavy atom. The maximum Gasteiger partial charge on any atom is 0.229 e. The fourth-order valence-corrected chi connectivity index (χ4v) is 2.93. The highest BCUT2D eigenvalue weighted by Gasteiger charge is 2.67. The van der Waals surface area contributed by atoms with E-state index in [9.17, 15) is 4.79 Å². The quantitative estimate of drug-likeness (QED) is 0.879. The van der Waals surface area contributed by atoms with Crippen molar-refractivity contribution < 1.29 is 4.79 Å². The van der Waals surface area contributed by atoms with Gasteiger partial charge in [0.05, 0.1) is 11.7 Å². The van der Waals surface area contributed by atoms with Crippen molar-refractivity contribution in [3.8, 4) is 5.69 Å². The molecule has 1 aromatic carbocycles. The van der Waals surface area contributed by atoms with Crippen LogP contribution in [0.3, 0.4) is 0 Å². The Labute approximate surface area is 133 Å². The standard InChI is InChI=1S/C15H15Cl2N3O/c1-14(9-15(14,16)17)13(21)19-8-11-2-4-12(5-3-11)20-7-6-18-10-20/h2-7,10H,8-9H2,1H3,(H,19,21). The molecule has 1 aliphatic rings. The van der Waals surface area contributed by atoms with Crippen molar-refractivity contribution in [2.75, 3.05) is 0 Å². The highest BCUT2D eigenvalue weighted by Crippen LogP contribution is 2.63. The first-order chi connectivity index (χ1) is 9.92. The second kappa shape index (κ2) is 5.04. The van der Waals surface area contributed by atoms with Crippen LogP contribution in [0.25, 0.3) is 5.69 Å². The summed E-state index contributed by atoms with van der Waals surface area (Å²) >= 11 is 12.0. The molecule has 110 valence electrons.